The van der Waals surface area contributed by atoms with E-state index in [0.717, 1.165) is 11.4 Å². The van der Waals surface area contributed by atoms with Crippen LogP contribution in [0.3, 0.4) is 0 Å². The predicted molar refractivity (Wildman–Crippen MR) is 57.9 cm³/mol. The highest BCUT2D eigenvalue weighted by atomic mass is 16.1. The predicted octanol–water partition coefficient (Wildman–Crippen LogP) is 2.02. The van der Waals surface area contributed by atoms with Gasteiger partial charge in [0.05, 0.1) is 18.3 Å². The van der Waals surface area contributed by atoms with Crippen molar-refractivity contribution in [1.29, 1.82) is 0 Å². The molecule has 0 aromatic heterocycles. The van der Waals surface area contributed by atoms with Gasteiger partial charge in [0.1, 0.15) is 5.78 Å². The van der Waals surface area contributed by atoms with E-state index in [1.807, 2.05) is 20.8 Å². The molecule has 14 heavy (non-hydrogen) atoms. The maximum atomic E-state index is 11.6. The van der Waals surface area contributed by atoms with Crippen LogP contribution in [0.25, 0.3) is 0 Å². The van der Waals surface area contributed by atoms with E-state index in [1.54, 1.807) is 12.4 Å². The van der Waals surface area contributed by atoms with E-state index in [9.17, 15) is 4.79 Å². The molecule has 76 valence electrons. The number of Topliss-reactive ketones (excluding diaryl/α,β-unsaturated/α-hetero) is 1. The number of ketones is 1. The van der Waals surface area contributed by atoms with Crippen LogP contribution in [0.1, 0.15) is 27.2 Å². The van der Waals surface area contributed by atoms with Gasteiger partial charge < -0.3 is 5.32 Å². The van der Waals surface area contributed by atoms with Crippen molar-refractivity contribution in [2.75, 3.05) is 0 Å². The topological polar surface area (TPSA) is 41.5 Å². The van der Waals surface area contributed by atoms with Gasteiger partial charge in [-0.1, -0.05) is 27.4 Å². The molecule has 0 saturated carbocycles. The number of hydrogen-bond acceptors (Lipinski definition) is 3. The van der Waals surface area contributed by atoms with E-state index in [2.05, 4.69) is 16.9 Å². The van der Waals surface area contributed by atoms with Crippen LogP contribution in [0.15, 0.2) is 29.2 Å². The molecule has 0 radical (unpaired) electrons. The maximum absolute atomic E-state index is 11.6. The first-order valence-electron chi connectivity index (χ1n) is 4.61. The van der Waals surface area contributed by atoms with Crippen LogP contribution in [0.2, 0.25) is 0 Å². The SMILES string of the molecule is C=C1C=NC(CC(=O)C(C)(C)C)=CN1. The van der Waals surface area contributed by atoms with Gasteiger partial charge in [0.25, 0.3) is 0 Å². The quantitative estimate of drug-likeness (QED) is 0.727. The summed E-state index contributed by atoms with van der Waals surface area (Å²) in [4.78, 5) is 15.8. The Kier molecular flexibility index (Phi) is 2.89. The van der Waals surface area contributed by atoms with E-state index < -0.39 is 0 Å². The third-order valence-corrected chi connectivity index (χ3v) is 1.99. The van der Waals surface area contributed by atoms with Crippen LogP contribution in [-0.4, -0.2) is 12.0 Å². The van der Waals surface area contributed by atoms with Crippen molar-refractivity contribution >= 4 is 12.0 Å². The second kappa shape index (κ2) is 3.78. The first-order chi connectivity index (χ1) is 6.39. The smallest absolute Gasteiger partial charge is 0.144 e. The lowest BCUT2D eigenvalue weighted by Crippen LogP contribution is -2.21. The summed E-state index contributed by atoms with van der Waals surface area (Å²) in [5, 5.41) is 2.93. The van der Waals surface area contributed by atoms with E-state index in [0.29, 0.717) is 6.42 Å². The molecule has 0 unspecified atom stereocenters. The van der Waals surface area contributed by atoms with Crippen molar-refractivity contribution in [3.05, 3.63) is 24.2 Å². The Balaban J connectivity index is 2.59. The molecule has 1 N–H and O–H groups in total. The van der Waals surface area contributed by atoms with Gasteiger partial charge in [-0.3, -0.25) is 9.79 Å². The number of rotatable bonds is 2. The normalized spacial score (nSPS) is 16.2. The Bertz CT molecular complexity index is 319. The van der Waals surface area contributed by atoms with Gasteiger partial charge in [0, 0.05) is 17.3 Å². The van der Waals surface area contributed by atoms with Gasteiger partial charge >= 0.3 is 0 Å². The molecule has 1 heterocycles. The standard InChI is InChI=1S/C11H16N2O/c1-8-6-13-9(7-12-8)5-10(14)11(2,3)4/h6-7,12H,1,5H2,2-4H3. The van der Waals surface area contributed by atoms with Crippen molar-refractivity contribution in [2.45, 2.75) is 27.2 Å². The monoisotopic (exact) mass is 192 g/mol. The molecule has 0 aromatic rings. The Labute approximate surface area is 84.6 Å². The van der Waals surface area contributed by atoms with E-state index in [-0.39, 0.29) is 11.2 Å². The van der Waals surface area contributed by atoms with Crippen molar-refractivity contribution in [2.24, 2.45) is 10.4 Å². The summed E-state index contributed by atoms with van der Waals surface area (Å²) < 4.78 is 0. The van der Waals surface area contributed by atoms with Crippen LogP contribution < -0.4 is 5.32 Å². The minimum atomic E-state index is -0.301. The summed E-state index contributed by atoms with van der Waals surface area (Å²) >= 11 is 0. The lowest BCUT2D eigenvalue weighted by Gasteiger charge is -2.17. The second-order valence-electron chi connectivity index (χ2n) is 4.41. The molecule has 1 rings (SSSR count). The van der Waals surface area contributed by atoms with Gasteiger partial charge in [0.15, 0.2) is 0 Å². The Morgan fingerprint density at radius 2 is 2.21 bits per heavy atom. The molecule has 0 aliphatic carbocycles. The molecular formula is C11H16N2O. The molecule has 3 heteroatoms. The number of nitrogens with zero attached hydrogens (tertiary/aromatic N) is 1. The molecule has 1 aliphatic heterocycles. The highest BCUT2D eigenvalue weighted by Crippen LogP contribution is 2.20. The minimum absolute atomic E-state index is 0.190. The van der Waals surface area contributed by atoms with Gasteiger partial charge in [-0.2, -0.15) is 0 Å². The molecule has 0 saturated heterocycles. The lowest BCUT2D eigenvalue weighted by atomic mass is 9.88. The Morgan fingerprint density at radius 3 is 2.64 bits per heavy atom. The number of carbonyl (C=O) groups is 1. The van der Waals surface area contributed by atoms with Crippen LogP contribution in [0, 0.1) is 5.41 Å². The summed E-state index contributed by atoms with van der Waals surface area (Å²) in [6.07, 6.45) is 3.73. The molecule has 3 nitrogen and oxygen atoms in total. The highest BCUT2D eigenvalue weighted by molar-refractivity contribution is 5.87. The summed E-state index contributed by atoms with van der Waals surface area (Å²) in [6.45, 7) is 9.42. The van der Waals surface area contributed by atoms with E-state index in [4.69, 9.17) is 0 Å². The van der Waals surface area contributed by atoms with Crippen LogP contribution in [0.5, 0.6) is 0 Å². The van der Waals surface area contributed by atoms with E-state index in [1.165, 1.54) is 0 Å². The van der Waals surface area contributed by atoms with Gasteiger partial charge in [-0.05, 0) is 0 Å². The zero-order chi connectivity index (χ0) is 10.8. The summed E-state index contributed by atoms with van der Waals surface area (Å²) in [5.74, 6) is 0.190. The van der Waals surface area contributed by atoms with Crippen LogP contribution in [-0.2, 0) is 4.79 Å². The average molecular weight is 192 g/mol. The third kappa shape index (κ3) is 2.83. The molecule has 0 fully saturated rings. The number of allylic oxidation sites excluding steroid dienone is 2. The number of aliphatic imine (C=N–C) groups is 1. The highest BCUT2D eigenvalue weighted by Gasteiger charge is 2.22. The molecule has 0 aromatic carbocycles. The molecular weight excluding hydrogens is 176 g/mol. The van der Waals surface area contributed by atoms with Gasteiger partial charge in [-0.15, -0.1) is 0 Å². The first kappa shape index (κ1) is 10.7. The largest absolute Gasteiger partial charge is 0.359 e. The second-order valence-corrected chi connectivity index (χ2v) is 4.41. The van der Waals surface area contributed by atoms with Crippen molar-refractivity contribution in [1.82, 2.24) is 5.32 Å². The fourth-order valence-corrected chi connectivity index (χ4v) is 0.938. The average Bonchev–Trinajstić information content (AvgIpc) is 2.07. The van der Waals surface area contributed by atoms with Crippen molar-refractivity contribution in [3.63, 3.8) is 0 Å². The molecule has 0 spiro atoms. The van der Waals surface area contributed by atoms with Crippen LogP contribution in [0.4, 0.5) is 0 Å². The van der Waals surface area contributed by atoms with Crippen molar-refractivity contribution in [3.8, 4) is 0 Å². The summed E-state index contributed by atoms with van der Waals surface area (Å²) in [6, 6.07) is 0. The number of hydrogen-bond donors (Lipinski definition) is 1. The molecule has 1 aliphatic rings. The number of nitrogens with one attached hydrogen (secondary N) is 1. The fourth-order valence-electron chi connectivity index (χ4n) is 0.938. The summed E-state index contributed by atoms with van der Waals surface area (Å²) in [5.41, 5.74) is 1.21. The first-order valence-corrected chi connectivity index (χ1v) is 4.61. The minimum Gasteiger partial charge on any atom is -0.359 e. The summed E-state index contributed by atoms with van der Waals surface area (Å²) in [7, 11) is 0. The molecule has 0 bridgehead atoms. The maximum Gasteiger partial charge on any atom is 0.144 e. The van der Waals surface area contributed by atoms with Crippen LogP contribution >= 0.6 is 0 Å². The van der Waals surface area contributed by atoms with Gasteiger partial charge in [0.2, 0.25) is 0 Å². The zero-order valence-corrected chi connectivity index (χ0v) is 8.92. The number of carbonyl (C=O) groups excluding carboxylic acids is 1. The third-order valence-electron chi connectivity index (χ3n) is 1.99. The van der Waals surface area contributed by atoms with Gasteiger partial charge in [-0.25, -0.2) is 0 Å². The Hall–Kier alpha value is -1.38. The lowest BCUT2D eigenvalue weighted by molar-refractivity contribution is -0.125. The zero-order valence-electron chi connectivity index (χ0n) is 8.92. The molecule has 0 atom stereocenters. The molecule has 0 amide bonds. The Morgan fingerprint density at radius 1 is 1.57 bits per heavy atom. The van der Waals surface area contributed by atoms with E-state index >= 15 is 0 Å². The fraction of sp³-hybridized carbons (Fsp3) is 0.455. The van der Waals surface area contributed by atoms with Crippen molar-refractivity contribution < 1.29 is 4.79 Å².